The highest BCUT2D eigenvalue weighted by atomic mass is 15.0. The third-order valence-electron chi connectivity index (χ3n) is 3.01. The number of imidazole rings is 1. The predicted octanol–water partition coefficient (Wildman–Crippen LogP) is 2.67. The zero-order valence-corrected chi connectivity index (χ0v) is 9.13. The minimum atomic E-state index is 1.05. The molecule has 3 aromatic rings. The fourth-order valence-electron chi connectivity index (χ4n) is 2.12. The molecule has 0 amide bonds. The molecule has 0 aliphatic heterocycles. The Morgan fingerprint density at radius 1 is 1.27 bits per heavy atom. The van der Waals surface area contributed by atoms with Gasteiger partial charge >= 0.3 is 0 Å². The summed E-state index contributed by atoms with van der Waals surface area (Å²) in [6.07, 6.45) is 0. The molecule has 0 saturated heterocycles. The van der Waals surface area contributed by atoms with Crippen molar-refractivity contribution in [3.05, 3.63) is 29.7 Å². The second kappa shape index (κ2) is 2.63. The monoisotopic (exact) mass is 199 g/mol. The molecule has 2 aromatic heterocycles. The van der Waals surface area contributed by atoms with Gasteiger partial charge in [0, 0.05) is 23.6 Å². The van der Waals surface area contributed by atoms with Crippen LogP contribution in [-0.4, -0.2) is 14.5 Å². The van der Waals surface area contributed by atoms with Crippen molar-refractivity contribution < 1.29 is 0 Å². The number of aromatic nitrogens is 3. The van der Waals surface area contributed by atoms with E-state index in [1.54, 1.807) is 0 Å². The zero-order chi connectivity index (χ0) is 10.6. The number of rotatable bonds is 0. The smallest absolute Gasteiger partial charge is 0.106 e. The van der Waals surface area contributed by atoms with Crippen molar-refractivity contribution in [1.82, 2.24) is 14.5 Å². The van der Waals surface area contributed by atoms with Crippen LogP contribution in [-0.2, 0) is 7.05 Å². The lowest BCUT2D eigenvalue weighted by Gasteiger charge is -1.95. The first-order valence-electron chi connectivity index (χ1n) is 5.08. The number of aryl methyl sites for hydroxylation is 3. The summed E-state index contributed by atoms with van der Waals surface area (Å²) in [5, 5.41) is 1.22. The second-order valence-corrected chi connectivity index (χ2v) is 4.06. The summed E-state index contributed by atoms with van der Waals surface area (Å²) in [7, 11) is 2.05. The Hall–Kier alpha value is -1.77. The average Bonchev–Trinajstić information content (AvgIpc) is 2.69. The summed E-state index contributed by atoms with van der Waals surface area (Å²) >= 11 is 0. The number of H-pyrrole nitrogens is 1. The second-order valence-electron chi connectivity index (χ2n) is 4.06. The van der Waals surface area contributed by atoms with E-state index in [0.717, 1.165) is 16.9 Å². The minimum Gasteiger partial charge on any atom is -0.359 e. The topological polar surface area (TPSA) is 33.6 Å². The number of benzene rings is 1. The van der Waals surface area contributed by atoms with Crippen LogP contribution < -0.4 is 0 Å². The fraction of sp³-hybridized carbons (Fsp3) is 0.250. The number of hydrogen-bond donors (Lipinski definition) is 1. The maximum atomic E-state index is 4.60. The normalized spacial score (nSPS) is 11.7. The molecule has 0 saturated carbocycles. The van der Waals surface area contributed by atoms with E-state index in [4.69, 9.17) is 0 Å². The molecule has 15 heavy (non-hydrogen) atoms. The summed E-state index contributed by atoms with van der Waals surface area (Å²) in [6, 6.07) is 6.39. The van der Waals surface area contributed by atoms with Gasteiger partial charge in [-0.3, -0.25) is 0 Å². The molecule has 3 rings (SSSR count). The summed E-state index contributed by atoms with van der Waals surface area (Å²) in [4.78, 5) is 7.93. The molecule has 0 fully saturated rings. The molecule has 0 bridgehead atoms. The van der Waals surface area contributed by atoms with Crippen molar-refractivity contribution in [1.29, 1.82) is 0 Å². The molecule has 0 radical (unpaired) electrons. The molecule has 0 unspecified atom stereocenters. The lowest BCUT2D eigenvalue weighted by Crippen LogP contribution is -1.89. The van der Waals surface area contributed by atoms with Crippen LogP contribution in [0.1, 0.15) is 11.5 Å². The maximum absolute atomic E-state index is 4.60. The van der Waals surface area contributed by atoms with E-state index >= 15 is 0 Å². The van der Waals surface area contributed by atoms with Gasteiger partial charge in [-0.15, -0.1) is 0 Å². The Balaban J connectivity index is 2.59. The SMILES string of the molecule is Cc1cc2c(ccc3c2nc(C)n3C)[nH]1. The van der Waals surface area contributed by atoms with E-state index in [2.05, 4.69) is 46.7 Å². The number of nitrogens with one attached hydrogen (secondary N) is 1. The standard InChI is InChI=1S/C12H13N3/c1-7-6-9-10(13-7)4-5-11-12(9)14-8(2)15(11)3/h4-6,13H,1-3H3. The van der Waals surface area contributed by atoms with Gasteiger partial charge in [0.15, 0.2) is 0 Å². The number of fused-ring (bicyclic) bond motifs is 3. The molecular formula is C12H13N3. The van der Waals surface area contributed by atoms with Crippen molar-refractivity contribution in [3.8, 4) is 0 Å². The van der Waals surface area contributed by atoms with E-state index in [-0.39, 0.29) is 0 Å². The first kappa shape index (κ1) is 8.53. The van der Waals surface area contributed by atoms with Gasteiger partial charge < -0.3 is 9.55 Å². The number of hydrogen-bond acceptors (Lipinski definition) is 1. The van der Waals surface area contributed by atoms with Crippen LogP contribution in [0, 0.1) is 13.8 Å². The molecule has 0 spiro atoms. The Bertz CT molecular complexity index is 658. The van der Waals surface area contributed by atoms with Crippen molar-refractivity contribution in [2.24, 2.45) is 7.05 Å². The molecule has 1 N–H and O–H groups in total. The minimum absolute atomic E-state index is 1.05. The summed E-state index contributed by atoms with van der Waals surface area (Å²) in [5.74, 6) is 1.05. The lowest BCUT2D eigenvalue weighted by atomic mass is 10.2. The van der Waals surface area contributed by atoms with Crippen molar-refractivity contribution in [2.45, 2.75) is 13.8 Å². The lowest BCUT2D eigenvalue weighted by molar-refractivity contribution is 0.886. The van der Waals surface area contributed by atoms with Gasteiger partial charge in [-0.1, -0.05) is 0 Å². The van der Waals surface area contributed by atoms with Gasteiger partial charge in [0.05, 0.1) is 11.0 Å². The third kappa shape index (κ3) is 1.03. The maximum Gasteiger partial charge on any atom is 0.106 e. The highest BCUT2D eigenvalue weighted by molar-refractivity contribution is 6.03. The van der Waals surface area contributed by atoms with Crippen molar-refractivity contribution in [3.63, 3.8) is 0 Å². The molecule has 0 aliphatic carbocycles. The predicted molar refractivity (Wildman–Crippen MR) is 62.0 cm³/mol. The first-order valence-corrected chi connectivity index (χ1v) is 5.08. The third-order valence-corrected chi connectivity index (χ3v) is 3.01. The van der Waals surface area contributed by atoms with E-state index in [1.165, 1.54) is 16.6 Å². The quantitative estimate of drug-likeness (QED) is 0.593. The fourth-order valence-corrected chi connectivity index (χ4v) is 2.12. The Morgan fingerprint density at radius 2 is 2.07 bits per heavy atom. The van der Waals surface area contributed by atoms with Crippen LogP contribution in [0.3, 0.4) is 0 Å². The van der Waals surface area contributed by atoms with Crippen LogP contribution in [0.5, 0.6) is 0 Å². The van der Waals surface area contributed by atoms with E-state index < -0.39 is 0 Å². The van der Waals surface area contributed by atoms with E-state index in [0.29, 0.717) is 0 Å². The van der Waals surface area contributed by atoms with Gasteiger partial charge in [0.2, 0.25) is 0 Å². The van der Waals surface area contributed by atoms with Crippen molar-refractivity contribution >= 4 is 21.9 Å². The van der Waals surface area contributed by atoms with Crippen LogP contribution in [0.4, 0.5) is 0 Å². The Morgan fingerprint density at radius 3 is 2.87 bits per heavy atom. The summed E-state index contributed by atoms with van der Waals surface area (Å²) in [5.41, 5.74) is 4.63. The van der Waals surface area contributed by atoms with Gasteiger partial charge in [-0.2, -0.15) is 0 Å². The highest BCUT2D eigenvalue weighted by Gasteiger charge is 2.08. The van der Waals surface area contributed by atoms with E-state index in [1.807, 2.05) is 6.92 Å². The number of aromatic amines is 1. The molecule has 1 aromatic carbocycles. The average molecular weight is 199 g/mol. The van der Waals surface area contributed by atoms with Gasteiger partial charge in [0.25, 0.3) is 0 Å². The molecule has 3 nitrogen and oxygen atoms in total. The van der Waals surface area contributed by atoms with Crippen LogP contribution in [0.25, 0.3) is 21.9 Å². The Labute approximate surface area is 87.7 Å². The van der Waals surface area contributed by atoms with Crippen molar-refractivity contribution in [2.75, 3.05) is 0 Å². The summed E-state index contributed by atoms with van der Waals surface area (Å²) in [6.45, 7) is 4.10. The van der Waals surface area contributed by atoms with Gasteiger partial charge in [-0.05, 0) is 32.0 Å². The zero-order valence-electron chi connectivity index (χ0n) is 9.13. The van der Waals surface area contributed by atoms with Gasteiger partial charge in [0.1, 0.15) is 5.82 Å². The molecule has 0 atom stereocenters. The van der Waals surface area contributed by atoms with E-state index in [9.17, 15) is 0 Å². The molecule has 0 aliphatic rings. The van der Waals surface area contributed by atoms with Crippen LogP contribution in [0.15, 0.2) is 18.2 Å². The molecule has 2 heterocycles. The summed E-state index contributed by atoms with van der Waals surface area (Å²) < 4.78 is 2.12. The highest BCUT2D eigenvalue weighted by Crippen LogP contribution is 2.25. The largest absolute Gasteiger partial charge is 0.359 e. The Kier molecular flexibility index (Phi) is 1.49. The van der Waals surface area contributed by atoms with Crippen LogP contribution in [0.2, 0.25) is 0 Å². The van der Waals surface area contributed by atoms with Gasteiger partial charge in [-0.25, -0.2) is 4.98 Å². The number of nitrogens with zero attached hydrogens (tertiary/aromatic N) is 2. The molecular weight excluding hydrogens is 186 g/mol. The van der Waals surface area contributed by atoms with Crippen LogP contribution >= 0.6 is 0 Å². The first-order chi connectivity index (χ1) is 7.16. The molecule has 3 heteroatoms. The molecule has 76 valence electrons.